The molecule has 22 heavy (non-hydrogen) atoms. The van der Waals surface area contributed by atoms with Gasteiger partial charge < -0.3 is 15.2 Å². The van der Waals surface area contributed by atoms with Crippen LogP contribution in [0.1, 0.15) is 54.4 Å². The smallest absolute Gasteiger partial charge is 0.305 e. The number of carbonyl (C=O) groups is 2. The first-order chi connectivity index (χ1) is 10.6. The summed E-state index contributed by atoms with van der Waals surface area (Å²) in [5.41, 5.74) is 2.69. The summed E-state index contributed by atoms with van der Waals surface area (Å²) in [5.74, 6) is -0.0158. The number of methoxy groups -OCH3 is 1. The van der Waals surface area contributed by atoms with E-state index in [0.717, 1.165) is 36.1 Å². The summed E-state index contributed by atoms with van der Waals surface area (Å²) < 4.78 is 4.57. The van der Waals surface area contributed by atoms with Gasteiger partial charge in [-0.25, -0.2) is 0 Å². The van der Waals surface area contributed by atoms with Crippen LogP contribution < -0.4 is 5.32 Å². The third-order valence-corrected chi connectivity index (χ3v) is 3.93. The number of nitrogens with one attached hydrogen (secondary N) is 1. The van der Waals surface area contributed by atoms with Crippen LogP contribution in [0.3, 0.4) is 0 Å². The van der Waals surface area contributed by atoms with Crippen molar-refractivity contribution in [1.82, 2.24) is 0 Å². The van der Waals surface area contributed by atoms with Crippen LogP contribution in [0.25, 0.3) is 0 Å². The van der Waals surface area contributed by atoms with Gasteiger partial charge in [-0.15, -0.1) is 0 Å². The molecular weight excluding hydrogens is 282 g/mol. The topological polar surface area (TPSA) is 75.6 Å². The Balaban J connectivity index is 1.80. The lowest BCUT2D eigenvalue weighted by Gasteiger charge is -2.18. The van der Waals surface area contributed by atoms with E-state index in [-0.39, 0.29) is 11.8 Å². The highest BCUT2D eigenvalue weighted by Crippen LogP contribution is 2.24. The van der Waals surface area contributed by atoms with E-state index in [1.165, 1.54) is 7.11 Å². The fourth-order valence-electron chi connectivity index (χ4n) is 2.71. The molecule has 0 amide bonds. The molecule has 0 aliphatic heterocycles. The number of hydrogen-bond donors (Lipinski definition) is 2. The number of carbonyl (C=O) groups excluding carboxylic acids is 2. The summed E-state index contributed by atoms with van der Waals surface area (Å²) in [6.45, 7) is 0. The number of ketones is 1. The van der Waals surface area contributed by atoms with Crippen LogP contribution in [0, 0.1) is 0 Å². The summed E-state index contributed by atoms with van der Waals surface area (Å²) in [6.07, 6.45) is 4.16. The highest BCUT2D eigenvalue weighted by molar-refractivity contribution is 5.98. The quantitative estimate of drug-likeness (QED) is 0.460. The Morgan fingerprint density at radius 3 is 2.95 bits per heavy atom. The molecule has 0 radical (unpaired) electrons. The van der Waals surface area contributed by atoms with Crippen LogP contribution in [0.5, 0.6) is 0 Å². The third-order valence-electron chi connectivity index (χ3n) is 3.93. The number of aliphatic hydroxyl groups excluding tert-OH is 1. The summed E-state index contributed by atoms with van der Waals surface area (Å²) >= 11 is 0. The lowest BCUT2D eigenvalue weighted by Crippen LogP contribution is -2.19. The molecule has 1 aliphatic rings. The Labute approximate surface area is 130 Å². The molecule has 0 spiro atoms. The first kappa shape index (κ1) is 16.5. The van der Waals surface area contributed by atoms with E-state index in [9.17, 15) is 14.7 Å². The van der Waals surface area contributed by atoms with E-state index in [1.54, 1.807) is 0 Å². The number of rotatable bonds is 7. The average Bonchev–Trinajstić information content (AvgIpc) is 2.51. The summed E-state index contributed by atoms with van der Waals surface area (Å²) in [5, 5.41) is 13.0. The minimum Gasteiger partial charge on any atom is -0.469 e. The molecule has 2 N–H and O–H groups in total. The Morgan fingerprint density at radius 1 is 1.36 bits per heavy atom. The van der Waals surface area contributed by atoms with E-state index in [2.05, 4.69) is 10.1 Å². The SMILES string of the molecule is COC(=O)CCCCC(O)Nc1ccc2c(c1)CCCC2=O. The predicted octanol–water partition coefficient (Wildman–Crippen LogP) is 2.67. The maximum absolute atomic E-state index is 11.8. The Morgan fingerprint density at radius 2 is 2.18 bits per heavy atom. The first-order valence-corrected chi connectivity index (χ1v) is 7.77. The summed E-state index contributed by atoms with van der Waals surface area (Å²) in [7, 11) is 1.37. The van der Waals surface area contributed by atoms with Crippen molar-refractivity contribution < 1.29 is 19.4 Å². The monoisotopic (exact) mass is 305 g/mol. The van der Waals surface area contributed by atoms with Gasteiger partial charge in [0.25, 0.3) is 0 Å². The van der Waals surface area contributed by atoms with Crippen LogP contribution in [0.2, 0.25) is 0 Å². The molecule has 2 rings (SSSR count). The molecule has 0 saturated carbocycles. The highest BCUT2D eigenvalue weighted by Gasteiger charge is 2.17. The molecule has 1 aliphatic carbocycles. The van der Waals surface area contributed by atoms with Crippen LogP contribution >= 0.6 is 0 Å². The van der Waals surface area contributed by atoms with Gasteiger partial charge in [0.05, 0.1) is 7.11 Å². The maximum atomic E-state index is 11.8. The molecule has 0 bridgehead atoms. The van der Waals surface area contributed by atoms with Gasteiger partial charge in [0.2, 0.25) is 0 Å². The fraction of sp³-hybridized carbons (Fsp3) is 0.529. The number of aliphatic hydroxyl groups is 1. The van der Waals surface area contributed by atoms with Crippen LogP contribution in [0.4, 0.5) is 5.69 Å². The van der Waals surface area contributed by atoms with Gasteiger partial charge in [0.1, 0.15) is 6.23 Å². The average molecular weight is 305 g/mol. The zero-order chi connectivity index (χ0) is 15.9. The molecular formula is C17H23NO4. The van der Waals surface area contributed by atoms with Crippen LogP contribution in [-0.2, 0) is 16.0 Å². The lowest BCUT2D eigenvalue weighted by atomic mass is 9.90. The van der Waals surface area contributed by atoms with Crippen molar-refractivity contribution >= 4 is 17.4 Å². The van der Waals surface area contributed by atoms with Gasteiger partial charge in [-0.3, -0.25) is 9.59 Å². The van der Waals surface area contributed by atoms with E-state index in [4.69, 9.17) is 0 Å². The number of aryl methyl sites for hydroxylation is 1. The Bertz CT molecular complexity index is 541. The number of fused-ring (bicyclic) bond motifs is 1. The number of benzene rings is 1. The number of ether oxygens (including phenoxy) is 1. The molecule has 1 aromatic carbocycles. The second kappa shape index (κ2) is 7.94. The van der Waals surface area contributed by atoms with Crippen molar-refractivity contribution in [3.63, 3.8) is 0 Å². The minimum absolute atomic E-state index is 0.205. The fourth-order valence-corrected chi connectivity index (χ4v) is 2.71. The van der Waals surface area contributed by atoms with Crippen molar-refractivity contribution in [2.24, 2.45) is 0 Å². The standard InChI is InChI=1S/C17H23NO4/c1-22-17(21)8-3-2-7-16(20)18-13-9-10-14-12(11-13)5-4-6-15(14)19/h9-11,16,18,20H,2-8H2,1H3. The highest BCUT2D eigenvalue weighted by atomic mass is 16.5. The summed E-state index contributed by atoms with van der Waals surface area (Å²) in [4.78, 5) is 22.7. The van der Waals surface area contributed by atoms with Crippen molar-refractivity contribution in [2.45, 2.75) is 51.2 Å². The molecule has 5 nitrogen and oxygen atoms in total. The molecule has 1 atom stereocenters. The zero-order valence-corrected chi connectivity index (χ0v) is 12.9. The first-order valence-electron chi connectivity index (χ1n) is 7.77. The predicted molar refractivity (Wildman–Crippen MR) is 83.8 cm³/mol. The number of unbranched alkanes of at least 4 members (excludes halogenated alkanes) is 1. The van der Waals surface area contributed by atoms with Gasteiger partial charge >= 0.3 is 5.97 Å². The lowest BCUT2D eigenvalue weighted by molar-refractivity contribution is -0.140. The molecule has 1 aromatic rings. The van der Waals surface area contributed by atoms with Gasteiger partial charge in [-0.2, -0.15) is 0 Å². The molecule has 0 saturated heterocycles. The number of anilines is 1. The van der Waals surface area contributed by atoms with E-state index < -0.39 is 6.23 Å². The van der Waals surface area contributed by atoms with Gasteiger partial charge in [-0.1, -0.05) is 0 Å². The third kappa shape index (κ3) is 4.56. The molecule has 0 aromatic heterocycles. The van der Waals surface area contributed by atoms with Crippen molar-refractivity contribution in [1.29, 1.82) is 0 Å². The molecule has 0 fully saturated rings. The van der Waals surface area contributed by atoms with Gasteiger partial charge in [-0.05, 0) is 55.9 Å². The molecule has 1 unspecified atom stereocenters. The Kier molecular flexibility index (Phi) is 5.95. The van der Waals surface area contributed by atoms with Crippen LogP contribution in [-0.4, -0.2) is 30.2 Å². The van der Waals surface area contributed by atoms with Gasteiger partial charge in [0.15, 0.2) is 5.78 Å². The van der Waals surface area contributed by atoms with E-state index in [0.29, 0.717) is 25.7 Å². The molecule has 5 heteroatoms. The largest absolute Gasteiger partial charge is 0.469 e. The van der Waals surface area contributed by atoms with Crippen molar-refractivity contribution in [3.05, 3.63) is 29.3 Å². The normalized spacial score (nSPS) is 15.1. The maximum Gasteiger partial charge on any atom is 0.305 e. The number of Topliss-reactive ketones (excluding diaryl/α,β-unsaturated/α-hetero) is 1. The van der Waals surface area contributed by atoms with Gasteiger partial charge in [0, 0.05) is 24.1 Å². The summed E-state index contributed by atoms with van der Waals surface area (Å²) in [6, 6.07) is 5.62. The van der Waals surface area contributed by atoms with E-state index >= 15 is 0 Å². The minimum atomic E-state index is -0.657. The second-order valence-corrected chi connectivity index (χ2v) is 5.63. The number of esters is 1. The Hall–Kier alpha value is -1.88. The molecule has 120 valence electrons. The second-order valence-electron chi connectivity index (χ2n) is 5.63. The van der Waals surface area contributed by atoms with Crippen molar-refractivity contribution in [2.75, 3.05) is 12.4 Å². The van der Waals surface area contributed by atoms with Crippen LogP contribution in [0.15, 0.2) is 18.2 Å². The zero-order valence-electron chi connectivity index (χ0n) is 12.9. The molecule has 0 heterocycles. The number of hydrogen-bond acceptors (Lipinski definition) is 5. The van der Waals surface area contributed by atoms with Crippen molar-refractivity contribution in [3.8, 4) is 0 Å². The van der Waals surface area contributed by atoms with E-state index in [1.807, 2.05) is 18.2 Å².